The number of hydrogen-bond donors (Lipinski definition) is 1. The largest absolute Gasteiger partial charge is 0.417 e. The molecule has 0 aliphatic rings. The van der Waals surface area contributed by atoms with Gasteiger partial charge in [-0.05, 0) is 6.92 Å². The zero-order valence-electron chi connectivity index (χ0n) is 8.28. The summed E-state index contributed by atoms with van der Waals surface area (Å²) in [4.78, 5) is 0. The second-order valence-corrected chi connectivity index (χ2v) is 3.36. The van der Waals surface area contributed by atoms with E-state index < -0.39 is 36.0 Å². The van der Waals surface area contributed by atoms with E-state index >= 15 is 0 Å². The molecule has 7 heteroatoms. The summed E-state index contributed by atoms with van der Waals surface area (Å²) in [6.07, 6.45) is -8.42. The molecule has 0 fully saturated rings. The van der Waals surface area contributed by atoms with E-state index in [4.69, 9.17) is 5.11 Å². The van der Waals surface area contributed by atoms with Gasteiger partial charge < -0.3 is 5.11 Å². The SMILES string of the molecule is C=CC(CC(F)=C(F)F)C(C)(O)C(F)(F)F. The van der Waals surface area contributed by atoms with Crippen molar-refractivity contribution in [1.29, 1.82) is 0 Å². The van der Waals surface area contributed by atoms with Gasteiger partial charge in [0.2, 0.25) is 0 Å². The molecule has 0 rings (SSSR count). The number of allylic oxidation sites excluding steroid dienone is 1. The molecule has 1 N–H and O–H groups in total. The van der Waals surface area contributed by atoms with Crippen molar-refractivity contribution >= 4 is 0 Å². The predicted octanol–water partition coefficient (Wildman–Crippen LogP) is 3.57. The average Bonchev–Trinajstić information content (AvgIpc) is 2.11. The Hall–Kier alpha value is -0.980. The number of rotatable bonds is 4. The van der Waals surface area contributed by atoms with Gasteiger partial charge in [0.15, 0.2) is 11.4 Å². The normalized spacial score (nSPS) is 17.5. The fraction of sp³-hybridized carbons (Fsp3) is 0.556. The molecule has 0 aliphatic heterocycles. The standard InChI is InChI=1S/C9H10F6O/c1-3-5(4-6(10)7(11)12)8(2,16)9(13,14)15/h3,5,16H,1,4H2,2H3. The summed E-state index contributed by atoms with van der Waals surface area (Å²) in [6.45, 7) is 3.34. The maximum atomic E-state index is 12.5. The molecule has 0 bridgehead atoms. The second-order valence-electron chi connectivity index (χ2n) is 3.36. The number of hydrogen-bond acceptors (Lipinski definition) is 1. The Morgan fingerprint density at radius 2 is 1.75 bits per heavy atom. The lowest BCUT2D eigenvalue weighted by Crippen LogP contribution is -2.48. The molecule has 16 heavy (non-hydrogen) atoms. The van der Waals surface area contributed by atoms with Crippen LogP contribution in [0.15, 0.2) is 24.6 Å². The first-order chi connectivity index (χ1) is 7.04. The Labute approximate surface area is 88.1 Å². The highest BCUT2D eigenvalue weighted by Crippen LogP contribution is 2.39. The van der Waals surface area contributed by atoms with Gasteiger partial charge >= 0.3 is 12.3 Å². The molecule has 0 aromatic carbocycles. The lowest BCUT2D eigenvalue weighted by molar-refractivity contribution is -0.266. The topological polar surface area (TPSA) is 20.2 Å². The van der Waals surface area contributed by atoms with Crippen LogP contribution in [0.1, 0.15) is 13.3 Å². The third kappa shape index (κ3) is 3.26. The number of alkyl halides is 3. The third-order valence-corrected chi connectivity index (χ3v) is 2.18. The molecule has 0 amide bonds. The lowest BCUT2D eigenvalue weighted by Gasteiger charge is -2.32. The van der Waals surface area contributed by atoms with Gasteiger partial charge in [-0.3, -0.25) is 0 Å². The first kappa shape index (κ1) is 15.0. The van der Waals surface area contributed by atoms with Crippen LogP contribution < -0.4 is 0 Å². The van der Waals surface area contributed by atoms with Crippen LogP contribution in [0.4, 0.5) is 26.3 Å². The Morgan fingerprint density at radius 1 is 1.31 bits per heavy atom. The molecule has 0 aromatic rings. The summed E-state index contributed by atoms with van der Waals surface area (Å²) >= 11 is 0. The molecule has 0 aromatic heterocycles. The number of aliphatic hydroxyl groups is 1. The minimum atomic E-state index is -5.06. The Bertz CT molecular complexity index is 287. The summed E-state index contributed by atoms with van der Waals surface area (Å²) in [5, 5.41) is 9.11. The molecule has 1 nitrogen and oxygen atoms in total. The van der Waals surface area contributed by atoms with Gasteiger partial charge in [-0.2, -0.15) is 22.0 Å². The minimum Gasteiger partial charge on any atom is -0.380 e. The molecular weight excluding hydrogens is 238 g/mol. The first-order valence-corrected chi connectivity index (χ1v) is 4.15. The fourth-order valence-electron chi connectivity index (χ4n) is 0.992. The van der Waals surface area contributed by atoms with Crippen molar-refractivity contribution < 1.29 is 31.4 Å². The quantitative estimate of drug-likeness (QED) is 0.595. The summed E-state index contributed by atoms with van der Waals surface area (Å²) in [5.41, 5.74) is -3.30. The molecule has 0 saturated heterocycles. The highest BCUT2D eigenvalue weighted by Gasteiger charge is 2.54. The van der Waals surface area contributed by atoms with Crippen molar-refractivity contribution in [1.82, 2.24) is 0 Å². The fourth-order valence-corrected chi connectivity index (χ4v) is 0.992. The Balaban J connectivity index is 5.03. The van der Waals surface area contributed by atoms with Crippen LogP contribution >= 0.6 is 0 Å². The van der Waals surface area contributed by atoms with Crippen LogP contribution in [0.3, 0.4) is 0 Å². The van der Waals surface area contributed by atoms with Crippen LogP contribution in [-0.2, 0) is 0 Å². The van der Waals surface area contributed by atoms with Crippen LogP contribution in [0.2, 0.25) is 0 Å². The predicted molar refractivity (Wildman–Crippen MR) is 45.3 cm³/mol. The second kappa shape index (κ2) is 4.90. The van der Waals surface area contributed by atoms with Gasteiger partial charge in [-0.15, -0.1) is 6.58 Å². The molecule has 94 valence electrons. The minimum absolute atomic E-state index is 0.378. The molecule has 2 unspecified atom stereocenters. The van der Waals surface area contributed by atoms with Crippen molar-refractivity contribution in [2.45, 2.75) is 25.1 Å². The average molecular weight is 248 g/mol. The smallest absolute Gasteiger partial charge is 0.380 e. The van der Waals surface area contributed by atoms with Crippen molar-refractivity contribution in [3.63, 3.8) is 0 Å². The van der Waals surface area contributed by atoms with Gasteiger partial charge in [0.25, 0.3) is 0 Å². The summed E-state index contributed by atoms with van der Waals surface area (Å²) in [7, 11) is 0. The Kier molecular flexibility index (Phi) is 4.60. The van der Waals surface area contributed by atoms with Gasteiger partial charge in [0.05, 0.1) is 0 Å². The van der Waals surface area contributed by atoms with Gasteiger partial charge in [-0.1, -0.05) is 6.08 Å². The zero-order chi connectivity index (χ0) is 13.1. The summed E-state index contributed by atoms with van der Waals surface area (Å²) in [6, 6.07) is 0. The molecule has 0 heterocycles. The maximum Gasteiger partial charge on any atom is 0.417 e. The molecular formula is C9H10F6O. The van der Waals surface area contributed by atoms with E-state index in [-0.39, 0.29) is 0 Å². The molecule has 0 aliphatic carbocycles. The molecule has 0 saturated carbocycles. The van der Waals surface area contributed by atoms with E-state index in [2.05, 4.69) is 6.58 Å². The lowest BCUT2D eigenvalue weighted by atomic mass is 9.85. The first-order valence-electron chi connectivity index (χ1n) is 4.15. The third-order valence-electron chi connectivity index (χ3n) is 2.18. The van der Waals surface area contributed by atoms with Crippen LogP contribution in [0.5, 0.6) is 0 Å². The Morgan fingerprint density at radius 3 is 2.00 bits per heavy atom. The summed E-state index contributed by atoms with van der Waals surface area (Å²) in [5.74, 6) is -3.87. The van der Waals surface area contributed by atoms with Crippen LogP contribution in [-0.4, -0.2) is 16.9 Å². The molecule has 2 atom stereocenters. The van der Waals surface area contributed by atoms with E-state index in [1.165, 1.54) is 0 Å². The number of halogens is 6. The molecule has 0 spiro atoms. The van der Waals surface area contributed by atoms with Gasteiger partial charge in [0, 0.05) is 12.3 Å². The van der Waals surface area contributed by atoms with Crippen molar-refractivity contribution in [3.8, 4) is 0 Å². The van der Waals surface area contributed by atoms with E-state index in [0.29, 0.717) is 13.0 Å². The van der Waals surface area contributed by atoms with Crippen molar-refractivity contribution in [2.75, 3.05) is 0 Å². The van der Waals surface area contributed by atoms with Crippen molar-refractivity contribution in [3.05, 3.63) is 24.6 Å². The van der Waals surface area contributed by atoms with E-state index in [0.717, 1.165) is 0 Å². The highest BCUT2D eigenvalue weighted by molar-refractivity contribution is 5.05. The van der Waals surface area contributed by atoms with E-state index in [9.17, 15) is 26.3 Å². The van der Waals surface area contributed by atoms with Crippen LogP contribution in [0.25, 0.3) is 0 Å². The molecule has 0 radical (unpaired) electrons. The van der Waals surface area contributed by atoms with E-state index in [1.54, 1.807) is 0 Å². The maximum absolute atomic E-state index is 12.5. The summed E-state index contributed by atoms with van der Waals surface area (Å²) < 4.78 is 72.8. The van der Waals surface area contributed by atoms with Gasteiger partial charge in [-0.25, -0.2) is 4.39 Å². The van der Waals surface area contributed by atoms with Gasteiger partial charge in [0.1, 0.15) is 0 Å². The monoisotopic (exact) mass is 248 g/mol. The highest BCUT2D eigenvalue weighted by atomic mass is 19.4. The van der Waals surface area contributed by atoms with Crippen molar-refractivity contribution in [2.24, 2.45) is 5.92 Å². The zero-order valence-corrected chi connectivity index (χ0v) is 8.28. The van der Waals surface area contributed by atoms with E-state index in [1.807, 2.05) is 0 Å². The van der Waals surface area contributed by atoms with Crippen LogP contribution in [0, 0.1) is 5.92 Å².